The van der Waals surface area contributed by atoms with Gasteiger partial charge in [0.25, 0.3) is 5.56 Å². The minimum Gasteiger partial charge on any atom is -0.493 e. The molecule has 3 rings (SSSR count). The predicted octanol–water partition coefficient (Wildman–Crippen LogP) is 2.46. The summed E-state index contributed by atoms with van der Waals surface area (Å²) in [4.78, 5) is 21.0. The molecule has 0 aliphatic heterocycles. The van der Waals surface area contributed by atoms with Crippen LogP contribution in [0.4, 0.5) is 0 Å². The summed E-state index contributed by atoms with van der Waals surface area (Å²) in [5, 5.41) is 1.68. The van der Waals surface area contributed by atoms with E-state index in [0.717, 1.165) is 10.5 Å². The van der Waals surface area contributed by atoms with Gasteiger partial charge in [-0.05, 0) is 18.2 Å². The zero-order valence-corrected chi connectivity index (χ0v) is 16.7. The van der Waals surface area contributed by atoms with Gasteiger partial charge in [0.2, 0.25) is 0 Å². The maximum atomic E-state index is 12.5. The third kappa shape index (κ3) is 4.35. The van der Waals surface area contributed by atoms with Crippen molar-refractivity contribution in [1.82, 2.24) is 9.97 Å². The number of nitrogens with zero attached hydrogens (tertiary/aromatic N) is 1. The Labute approximate surface area is 166 Å². The first-order valence-corrected chi connectivity index (χ1v) is 9.07. The number of hydrogen-bond donors (Lipinski definition) is 2. The molecule has 0 saturated carbocycles. The summed E-state index contributed by atoms with van der Waals surface area (Å²) < 4.78 is 10.5. The third-order valence-corrected chi connectivity index (χ3v) is 4.82. The molecule has 1 atom stereocenters. The molecule has 8 heteroatoms. The largest absolute Gasteiger partial charge is 0.493 e. The molecule has 6 nitrogen and oxygen atoms in total. The Hall–Kier alpha value is -2.28. The Morgan fingerprint density at radius 1 is 1.07 bits per heavy atom. The second kappa shape index (κ2) is 8.17. The number of ether oxygens (including phenoxy) is 2. The van der Waals surface area contributed by atoms with Crippen LogP contribution in [0.3, 0.4) is 0 Å². The van der Waals surface area contributed by atoms with Crippen molar-refractivity contribution in [3.05, 3.63) is 62.1 Å². The number of nitrogens with one attached hydrogen (secondary N) is 2. The van der Waals surface area contributed by atoms with Crippen LogP contribution in [0.1, 0.15) is 11.4 Å². The minimum absolute atomic E-state index is 0.215. The Morgan fingerprint density at radius 3 is 2.44 bits per heavy atom. The standard InChI is InChI=1S/C19H19Cl2N3O3/c1-24(9-11-4-5-12(20)6-14(11)21)10-18-22-15-8-17(27-3)16(26-2)7-13(15)19(25)23-18/h4-8H,9-10H2,1-3H3,(H,22,23,25)/p+1. The molecular weight excluding hydrogens is 389 g/mol. The number of hydrogen-bond acceptors (Lipinski definition) is 4. The molecule has 0 spiro atoms. The van der Waals surface area contributed by atoms with Crippen LogP contribution < -0.4 is 19.9 Å². The van der Waals surface area contributed by atoms with E-state index in [1.54, 1.807) is 25.3 Å². The molecule has 0 amide bonds. The Balaban J connectivity index is 1.87. The molecule has 0 saturated heterocycles. The second-order valence-electron chi connectivity index (χ2n) is 6.28. The molecule has 0 radical (unpaired) electrons. The third-order valence-electron chi connectivity index (χ3n) is 4.24. The second-order valence-corrected chi connectivity index (χ2v) is 7.13. The van der Waals surface area contributed by atoms with Gasteiger partial charge < -0.3 is 19.4 Å². The molecule has 1 heterocycles. The van der Waals surface area contributed by atoms with Crippen LogP contribution in [0.25, 0.3) is 10.9 Å². The number of H-pyrrole nitrogens is 1. The van der Waals surface area contributed by atoms with Crippen LogP contribution in [-0.2, 0) is 13.1 Å². The molecule has 0 bridgehead atoms. The maximum absolute atomic E-state index is 12.5. The van der Waals surface area contributed by atoms with Gasteiger partial charge in [-0.1, -0.05) is 29.3 Å². The fraction of sp³-hybridized carbons (Fsp3) is 0.263. The molecule has 0 aliphatic carbocycles. The van der Waals surface area contributed by atoms with Crippen molar-refractivity contribution in [2.24, 2.45) is 0 Å². The van der Waals surface area contributed by atoms with E-state index in [4.69, 9.17) is 32.7 Å². The number of methoxy groups -OCH3 is 2. The van der Waals surface area contributed by atoms with Crippen LogP contribution in [0.15, 0.2) is 35.1 Å². The first-order valence-electron chi connectivity index (χ1n) is 8.31. The fourth-order valence-electron chi connectivity index (χ4n) is 2.94. The van der Waals surface area contributed by atoms with E-state index in [2.05, 4.69) is 9.97 Å². The average molecular weight is 409 g/mol. The molecular formula is C19H20Cl2N3O3+. The van der Waals surface area contributed by atoms with Gasteiger partial charge in [-0.15, -0.1) is 0 Å². The van der Waals surface area contributed by atoms with Crippen molar-refractivity contribution < 1.29 is 14.4 Å². The summed E-state index contributed by atoms with van der Waals surface area (Å²) in [7, 11) is 5.08. The van der Waals surface area contributed by atoms with E-state index in [1.807, 2.05) is 19.2 Å². The number of benzene rings is 2. The van der Waals surface area contributed by atoms with E-state index in [9.17, 15) is 4.79 Å². The van der Waals surface area contributed by atoms with Gasteiger partial charge in [-0.2, -0.15) is 0 Å². The van der Waals surface area contributed by atoms with Crippen LogP contribution >= 0.6 is 23.2 Å². The average Bonchev–Trinajstić information content (AvgIpc) is 2.63. The van der Waals surface area contributed by atoms with Gasteiger partial charge in [0.15, 0.2) is 17.3 Å². The smallest absolute Gasteiger partial charge is 0.259 e. The molecule has 0 aliphatic rings. The number of aromatic nitrogens is 2. The molecule has 1 aromatic heterocycles. The first kappa shape index (κ1) is 19.5. The lowest BCUT2D eigenvalue weighted by Crippen LogP contribution is -3.06. The SMILES string of the molecule is COc1cc2nc(C[NH+](C)Cc3ccc(Cl)cc3Cl)[nH]c(=O)c2cc1OC. The first-order chi connectivity index (χ1) is 12.9. The van der Waals surface area contributed by atoms with Crippen LogP contribution in [0.2, 0.25) is 10.0 Å². The summed E-state index contributed by atoms with van der Waals surface area (Å²) in [6.45, 7) is 1.20. The molecule has 1 unspecified atom stereocenters. The molecule has 0 fully saturated rings. The van der Waals surface area contributed by atoms with E-state index in [-0.39, 0.29) is 5.56 Å². The van der Waals surface area contributed by atoms with Gasteiger partial charge in [-0.3, -0.25) is 4.79 Å². The van der Waals surface area contributed by atoms with E-state index < -0.39 is 0 Å². The van der Waals surface area contributed by atoms with Crippen LogP contribution in [0.5, 0.6) is 11.5 Å². The number of rotatable bonds is 6. The van der Waals surface area contributed by atoms with Gasteiger partial charge >= 0.3 is 0 Å². The van der Waals surface area contributed by atoms with Gasteiger partial charge in [-0.25, -0.2) is 4.98 Å². The quantitative estimate of drug-likeness (QED) is 0.657. The fourth-order valence-corrected chi connectivity index (χ4v) is 3.41. The highest BCUT2D eigenvalue weighted by Crippen LogP contribution is 2.29. The zero-order chi connectivity index (χ0) is 19.6. The summed E-state index contributed by atoms with van der Waals surface area (Å²) in [6, 6.07) is 8.78. The number of halogens is 2. The summed E-state index contributed by atoms with van der Waals surface area (Å²) >= 11 is 12.2. The van der Waals surface area contributed by atoms with Crippen molar-refractivity contribution in [2.75, 3.05) is 21.3 Å². The van der Waals surface area contributed by atoms with Crippen molar-refractivity contribution in [2.45, 2.75) is 13.1 Å². The normalized spacial score (nSPS) is 12.2. The highest BCUT2D eigenvalue weighted by atomic mass is 35.5. The number of aromatic amines is 1. The van der Waals surface area contributed by atoms with E-state index in [1.165, 1.54) is 7.11 Å². The monoisotopic (exact) mass is 408 g/mol. The Morgan fingerprint density at radius 2 is 1.78 bits per heavy atom. The Bertz CT molecular complexity index is 1040. The predicted molar refractivity (Wildman–Crippen MR) is 106 cm³/mol. The maximum Gasteiger partial charge on any atom is 0.259 e. The van der Waals surface area contributed by atoms with Gasteiger partial charge in [0.1, 0.15) is 13.1 Å². The highest BCUT2D eigenvalue weighted by Gasteiger charge is 2.14. The van der Waals surface area contributed by atoms with Gasteiger partial charge in [0, 0.05) is 16.7 Å². The van der Waals surface area contributed by atoms with Crippen molar-refractivity contribution in [1.29, 1.82) is 0 Å². The van der Waals surface area contributed by atoms with Crippen molar-refractivity contribution >= 4 is 34.1 Å². The zero-order valence-electron chi connectivity index (χ0n) is 15.2. The summed E-state index contributed by atoms with van der Waals surface area (Å²) in [5.74, 6) is 1.61. The number of fused-ring (bicyclic) bond motifs is 1. The molecule has 2 N–H and O–H groups in total. The summed E-state index contributed by atoms with van der Waals surface area (Å²) in [5.41, 5.74) is 1.32. The molecule has 2 aromatic carbocycles. The minimum atomic E-state index is -0.215. The summed E-state index contributed by atoms with van der Waals surface area (Å²) in [6.07, 6.45) is 0. The van der Waals surface area contributed by atoms with Crippen LogP contribution in [-0.4, -0.2) is 31.2 Å². The Kier molecular flexibility index (Phi) is 5.89. The van der Waals surface area contributed by atoms with Crippen LogP contribution in [0, 0.1) is 0 Å². The lowest BCUT2D eigenvalue weighted by molar-refractivity contribution is -0.908. The van der Waals surface area contributed by atoms with Crippen molar-refractivity contribution in [3.8, 4) is 11.5 Å². The van der Waals surface area contributed by atoms with E-state index >= 15 is 0 Å². The lowest BCUT2D eigenvalue weighted by atomic mass is 10.2. The molecule has 27 heavy (non-hydrogen) atoms. The van der Waals surface area contributed by atoms with Crippen molar-refractivity contribution in [3.63, 3.8) is 0 Å². The lowest BCUT2D eigenvalue weighted by Gasteiger charge is -2.15. The number of quaternary nitrogens is 1. The molecule has 3 aromatic rings. The van der Waals surface area contributed by atoms with E-state index in [0.29, 0.717) is 51.4 Å². The van der Waals surface area contributed by atoms with Gasteiger partial charge in [0.05, 0.1) is 37.2 Å². The molecule has 142 valence electrons. The highest BCUT2D eigenvalue weighted by molar-refractivity contribution is 6.35. The topological polar surface area (TPSA) is 68.7 Å².